The van der Waals surface area contributed by atoms with Crippen molar-refractivity contribution in [2.24, 2.45) is 11.8 Å². The van der Waals surface area contributed by atoms with Crippen molar-refractivity contribution in [1.29, 1.82) is 0 Å². The fourth-order valence-electron chi connectivity index (χ4n) is 3.07. The van der Waals surface area contributed by atoms with E-state index in [4.69, 9.17) is 11.6 Å². The second-order valence-electron chi connectivity index (χ2n) is 5.75. The van der Waals surface area contributed by atoms with E-state index >= 15 is 0 Å². The van der Waals surface area contributed by atoms with Crippen molar-refractivity contribution in [2.75, 3.05) is 7.05 Å². The highest BCUT2D eigenvalue weighted by Crippen LogP contribution is 2.31. The molecule has 0 radical (unpaired) electrons. The molecule has 1 aromatic carbocycles. The Morgan fingerprint density at radius 2 is 1.78 bits per heavy atom. The van der Waals surface area contributed by atoms with Crippen LogP contribution in [0.1, 0.15) is 38.2 Å². The van der Waals surface area contributed by atoms with Crippen molar-refractivity contribution in [3.8, 4) is 0 Å². The zero-order valence-electron chi connectivity index (χ0n) is 11.5. The summed E-state index contributed by atoms with van der Waals surface area (Å²) in [4.78, 5) is 0. The van der Waals surface area contributed by atoms with Gasteiger partial charge in [0, 0.05) is 11.1 Å². The molecular weight excluding hydrogens is 242 g/mol. The van der Waals surface area contributed by atoms with Gasteiger partial charge in [0.1, 0.15) is 0 Å². The minimum absolute atomic E-state index is 0.610. The lowest BCUT2D eigenvalue weighted by Crippen LogP contribution is -2.37. The highest BCUT2D eigenvalue weighted by Gasteiger charge is 2.25. The summed E-state index contributed by atoms with van der Waals surface area (Å²) < 4.78 is 0. The minimum atomic E-state index is 0.610. The molecule has 0 aromatic heterocycles. The summed E-state index contributed by atoms with van der Waals surface area (Å²) in [6.45, 7) is 2.38. The Kier molecular flexibility index (Phi) is 5.08. The third-order valence-electron chi connectivity index (χ3n) is 4.37. The second kappa shape index (κ2) is 6.58. The molecule has 0 amide bonds. The highest BCUT2D eigenvalue weighted by molar-refractivity contribution is 6.30. The Balaban J connectivity index is 1.94. The van der Waals surface area contributed by atoms with Gasteiger partial charge in [0.15, 0.2) is 0 Å². The van der Waals surface area contributed by atoms with Crippen LogP contribution in [-0.2, 0) is 6.42 Å². The molecule has 1 atom stereocenters. The molecule has 0 heterocycles. The van der Waals surface area contributed by atoms with Gasteiger partial charge in [0.2, 0.25) is 0 Å². The summed E-state index contributed by atoms with van der Waals surface area (Å²) >= 11 is 5.93. The quantitative estimate of drug-likeness (QED) is 0.856. The number of halogens is 1. The maximum atomic E-state index is 5.93. The number of benzene rings is 1. The molecule has 18 heavy (non-hydrogen) atoms. The Morgan fingerprint density at radius 1 is 1.17 bits per heavy atom. The first-order valence-electron chi connectivity index (χ1n) is 7.10. The van der Waals surface area contributed by atoms with Crippen molar-refractivity contribution in [2.45, 2.75) is 45.1 Å². The molecule has 1 fully saturated rings. The molecule has 2 rings (SSSR count). The highest BCUT2D eigenvalue weighted by atomic mass is 35.5. The second-order valence-corrected chi connectivity index (χ2v) is 6.18. The zero-order chi connectivity index (χ0) is 13.0. The first kappa shape index (κ1) is 13.9. The Morgan fingerprint density at radius 3 is 2.33 bits per heavy atom. The SMILES string of the molecule is CNC(Cc1ccc(Cl)cc1)C1CCC(C)CC1. The van der Waals surface area contributed by atoms with E-state index in [0.717, 1.165) is 23.3 Å². The van der Waals surface area contributed by atoms with Crippen LogP contribution in [0.4, 0.5) is 0 Å². The summed E-state index contributed by atoms with van der Waals surface area (Å²) in [6, 6.07) is 8.90. The molecule has 1 aromatic rings. The predicted octanol–water partition coefficient (Wildman–Crippen LogP) is 4.30. The smallest absolute Gasteiger partial charge is 0.0406 e. The van der Waals surface area contributed by atoms with Gasteiger partial charge in [-0.1, -0.05) is 43.5 Å². The largest absolute Gasteiger partial charge is 0.316 e. The van der Waals surface area contributed by atoms with E-state index in [2.05, 4.69) is 31.4 Å². The Labute approximate surface area is 116 Å². The molecule has 100 valence electrons. The van der Waals surface area contributed by atoms with Crippen LogP contribution in [0.15, 0.2) is 24.3 Å². The number of rotatable bonds is 4. The number of hydrogen-bond acceptors (Lipinski definition) is 1. The molecule has 1 saturated carbocycles. The van der Waals surface area contributed by atoms with E-state index < -0.39 is 0 Å². The molecule has 2 heteroatoms. The molecule has 1 aliphatic rings. The topological polar surface area (TPSA) is 12.0 Å². The van der Waals surface area contributed by atoms with Gasteiger partial charge in [-0.2, -0.15) is 0 Å². The van der Waals surface area contributed by atoms with Crippen molar-refractivity contribution >= 4 is 11.6 Å². The van der Waals surface area contributed by atoms with E-state index in [-0.39, 0.29) is 0 Å². The third kappa shape index (κ3) is 3.73. The van der Waals surface area contributed by atoms with Gasteiger partial charge < -0.3 is 5.32 Å². The summed E-state index contributed by atoms with van der Waals surface area (Å²) in [5.41, 5.74) is 1.39. The first-order chi connectivity index (χ1) is 8.69. The van der Waals surface area contributed by atoms with Gasteiger partial charge in [-0.15, -0.1) is 0 Å². The van der Waals surface area contributed by atoms with Gasteiger partial charge in [-0.25, -0.2) is 0 Å². The van der Waals surface area contributed by atoms with E-state index in [1.807, 2.05) is 12.1 Å². The average Bonchev–Trinajstić information content (AvgIpc) is 2.39. The summed E-state index contributed by atoms with van der Waals surface area (Å²) in [6.07, 6.45) is 6.65. The van der Waals surface area contributed by atoms with E-state index in [1.165, 1.54) is 31.2 Å². The Hall–Kier alpha value is -0.530. The lowest BCUT2D eigenvalue weighted by Gasteiger charge is -2.32. The molecule has 0 aliphatic heterocycles. The summed E-state index contributed by atoms with van der Waals surface area (Å²) in [5, 5.41) is 4.34. The van der Waals surface area contributed by atoms with Crippen LogP contribution in [0.25, 0.3) is 0 Å². The molecule has 0 spiro atoms. The maximum Gasteiger partial charge on any atom is 0.0406 e. The van der Waals surface area contributed by atoms with Crippen molar-refractivity contribution in [1.82, 2.24) is 5.32 Å². The molecular formula is C16H24ClN. The van der Waals surface area contributed by atoms with Crippen LogP contribution in [0.5, 0.6) is 0 Å². The summed E-state index contributed by atoms with van der Waals surface area (Å²) in [5.74, 6) is 1.76. The van der Waals surface area contributed by atoms with Gasteiger partial charge in [0.25, 0.3) is 0 Å². The number of nitrogens with one attached hydrogen (secondary N) is 1. The molecule has 0 bridgehead atoms. The lowest BCUT2D eigenvalue weighted by atomic mass is 9.78. The standard InChI is InChI=1S/C16H24ClN/c1-12-3-7-14(8-4-12)16(18-2)11-13-5-9-15(17)10-6-13/h5-6,9-10,12,14,16,18H,3-4,7-8,11H2,1-2H3. The van der Waals surface area contributed by atoms with E-state index in [9.17, 15) is 0 Å². The number of likely N-dealkylation sites (N-methyl/N-ethyl adjacent to an activating group) is 1. The fourth-order valence-corrected chi connectivity index (χ4v) is 3.19. The molecule has 1 nitrogen and oxygen atoms in total. The third-order valence-corrected chi connectivity index (χ3v) is 4.62. The van der Waals surface area contributed by atoms with Gasteiger partial charge in [0.05, 0.1) is 0 Å². The average molecular weight is 266 g/mol. The van der Waals surface area contributed by atoms with E-state index in [0.29, 0.717) is 6.04 Å². The fraction of sp³-hybridized carbons (Fsp3) is 0.625. The predicted molar refractivity (Wildman–Crippen MR) is 79.1 cm³/mol. The van der Waals surface area contributed by atoms with Crippen LogP contribution >= 0.6 is 11.6 Å². The van der Waals surface area contributed by atoms with Gasteiger partial charge in [-0.05, 0) is 55.8 Å². The van der Waals surface area contributed by atoms with Crippen molar-refractivity contribution in [3.63, 3.8) is 0 Å². The Bertz CT molecular complexity index is 352. The maximum absolute atomic E-state index is 5.93. The summed E-state index contributed by atoms with van der Waals surface area (Å²) in [7, 11) is 2.10. The van der Waals surface area contributed by atoms with E-state index in [1.54, 1.807) is 0 Å². The zero-order valence-corrected chi connectivity index (χ0v) is 12.2. The normalized spacial score (nSPS) is 25.9. The van der Waals surface area contributed by atoms with Crippen LogP contribution in [0, 0.1) is 11.8 Å². The van der Waals surface area contributed by atoms with Crippen LogP contribution in [0.2, 0.25) is 5.02 Å². The first-order valence-corrected chi connectivity index (χ1v) is 7.48. The molecule has 1 aliphatic carbocycles. The van der Waals surface area contributed by atoms with Crippen LogP contribution in [-0.4, -0.2) is 13.1 Å². The van der Waals surface area contributed by atoms with Crippen LogP contribution < -0.4 is 5.32 Å². The van der Waals surface area contributed by atoms with Crippen LogP contribution in [0.3, 0.4) is 0 Å². The van der Waals surface area contributed by atoms with Crippen molar-refractivity contribution < 1.29 is 0 Å². The van der Waals surface area contributed by atoms with Crippen molar-refractivity contribution in [3.05, 3.63) is 34.9 Å². The van der Waals surface area contributed by atoms with Gasteiger partial charge >= 0.3 is 0 Å². The number of hydrogen-bond donors (Lipinski definition) is 1. The molecule has 1 N–H and O–H groups in total. The monoisotopic (exact) mass is 265 g/mol. The molecule has 0 saturated heterocycles. The lowest BCUT2D eigenvalue weighted by molar-refractivity contribution is 0.235. The molecule has 1 unspecified atom stereocenters. The minimum Gasteiger partial charge on any atom is -0.316 e. The van der Waals surface area contributed by atoms with Gasteiger partial charge in [-0.3, -0.25) is 0 Å².